The van der Waals surface area contributed by atoms with E-state index in [0.717, 1.165) is 24.4 Å². The molecule has 1 aromatic carbocycles. The van der Waals surface area contributed by atoms with Crippen molar-refractivity contribution in [2.45, 2.75) is 31.0 Å². The second kappa shape index (κ2) is 9.14. The van der Waals surface area contributed by atoms with Crippen LogP contribution in [0.2, 0.25) is 5.02 Å². The van der Waals surface area contributed by atoms with Gasteiger partial charge in [0.05, 0.1) is 11.1 Å². The Bertz CT molecular complexity index is 1110. The molecule has 0 bridgehead atoms. The van der Waals surface area contributed by atoms with E-state index in [1.54, 1.807) is 18.2 Å². The highest BCUT2D eigenvalue weighted by Crippen LogP contribution is 2.33. The molecule has 5 rings (SSSR count). The van der Waals surface area contributed by atoms with Gasteiger partial charge in [-0.3, -0.25) is 4.99 Å². The van der Waals surface area contributed by atoms with Gasteiger partial charge in [0.25, 0.3) is 0 Å². The van der Waals surface area contributed by atoms with E-state index in [2.05, 4.69) is 22.0 Å². The van der Waals surface area contributed by atoms with E-state index < -0.39 is 18.2 Å². The van der Waals surface area contributed by atoms with Gasteiger partial charge in [-0.05, 0) is 54.1 Å². The highest BCUT2D eigenvalue weighted by atomic mass is 35.5. The average Bonchev–Trinajstić information content (AvgIpc) is 2.83. The molecule has 3 N–H and O–H groups in total. The zero-order chi connectivity index (χ0) is 22.9. The minimum atomic E-state index is -1.65. The quantitative estimate of drug-likeness (QED) is 0.578. The van der Waals surface area contributed by atoms with Crippen molar-refractivity contribution >= 4 is 23.1 Å². The number of rotatable bonds is 4. The van der Waals surface area contributed by atoms with Gasteiger partial charge in [-0.25, -0.2) is 13.2 Å². The van der Waals surface area contributed by atoms with Crippen molar-refractivity contribution in [1.82, 2.24) is 10.6 Å². The summed E-state index contributed by atoms with van der Waals surface area (Å²) in [7, 11) is 0. The van der Waals surface area contributed by atoms with Gasteiger partial charge in [-0.15, -0.1) is 0 Å². The van der Waals surface area contributed by atoms with Gasteiger partial charge in [0.15, 0.2) is 12.3 Å². The molecule has 0 saturated carbocycles. The Kier molecular flexibility index (Phi) is 6.06. The second-order valence-electron chi connectivity index (χ2n) is 8.57. The van der Waals surface area contributed by atoms with Gasteiger partial charge >= 0.3 is 0 Å². The normalized spacial score (nSPS) is 32.7. The lowest BCUT2D eigenvalue weighted by Crippen LogP contribution is -2.55. The Morgan fingerprint density at radius 1 is 1.06 bits per heavy atom. The summed E-state index contributed by atoms with van der Waals surface area (Å²) in [6.45, 7) is 0.760. The molecule has 6 unspecified atom stereocenters. The maximum Gasteiger partial charge on any atom is 0.154 e. The predicted octanol–water partition coefficient (Wildman–Crippen LogP) is 5.00. The standard InChI is InChI=1S/C25H24ClF3N4/c26-19-12-17(5-8-20(19)27)31-25-18-6-3-15(14-4-7-21(28)22(29)10-14)11-23(18)32-24(33-25)16-2-1-9-30-13-16/h1,3-12,16,18,21-23,25,30-31H,2,13H2,(H,32,33). The largest absolute Gasteiger partial charge is 0.390 e. The van der Waals surface area contributed by atoms with Gasteiger partial charge in [0.2, 0.25) is 0 Å². The van der Waals surface area contributed by atoms with Crippen LogP contribution in [-0.2, 0) is 0 Å². The summed E-state index contributed by atoms with van der Waals surface area (Å²) >= 11 is 5.98. The van der Waals surface area contributed by atoms with Crippen LogP contribution < -0.4 is 16.0 Å². The number of nitrogens with one attached hydrogen (secondary N) is 3. The molecule has 2 aliphatic heterocycles. The fraction of sp³-hybridized carbons (Fsp3) is 0.320. The lowest BCUT2D eigenvalue weighted by Gasteiger charge is -2.40. The smallest absolute Gasteiger partial charge is 0.154 e. The van der Waals surface area contributed by atoms with Crippen molar-refractivity contribution in [3.63, 3.8) is 0 Å². The van der Waals surface area contributed by atoms with Gasteiger partial charge in [0, 0.05) is 24.1 Å². The Hall–Kier alpha value is -2.93. The Morgan fingerprint density at radius 3 is 2.64 bits per heavy atom. The first-order valence-corrected chi connectivity index (χ1v) is 11.4. The number of hydrogen-bond donors (Lipinski definition) is 3. The molecule has 0 radical (unpaired) electrons. The number of fused-ring (bicyclic) bond motifs is 1. The molecule has 0 saturated heterocycles. The summed E-state index contributed by atoms with van der Waals surface area (Å²) in [6, 6.07) is 4.34. The van der Waals surface area contributed by atoms with E-state index in [0.29, 0.717) is 11.3 Å². The summed E-state index contributed by atoms with van der Waals surface area (Å²) in [5.41, 5.74) is 2.16. The lowest BCUT2D eigenvalue weighted by molar-refractivity contribution is 0.244. The van der Waals surface area contributed by atoms with Crippen molar-refractivity contribution < 1.29 is 13.2 Å². The van der Waals surface area contributed by atoms with Crippen LogP contribution in [0.4, 0.5) is 18.9 Å². The number of hydrogen-bond acceptors (Lipinski definition) is 4. The number of alkyl halides is 2. The number of benzene rings is 1. The highest BCUT2D eigenvalue weighted by Gasteiger charge is 2.36. The van der Waals surface area contributed by atoms with Gasteiger partial charge in [0.1, 0.15) is 17.8 Å². The summed E-state index contributed by atoms with van der Waals surface area (Å²) in [4.78, 5) is 4.99. The monoisotopic (exact) mass is 472 g/mol. The zero-order valence-corrected chi connectivity index (χ0v) is 18.4. The molecule has 0 spiro atoms. The molecule has 2 aliphatic carbocycles. The summed E-state index contributed by atoms with van der Waals surface area (Å²) in [5.74, 6) is 0.525. The van der Waals surface area contributed by atoms with Crippen LogP contribution in [0.15, 0.2) is 83.1 Å². The second-order valence-corrected chi connectivity index (χ2v) is 8.98. The molecule has 0 fully saturated rings. The fourth-order valence-electron chi connectivity index (χ4n) is 4.51. The van der Waals surface area contributed by atoms with Crippen LogP contribution in [0, 0.1) is 17.7 Å². The first kappa shape index (κ1) is 21.9. The van der Waals surface area contributed by atoms with Crippen LogP contribution in [0.1, 0.15) is 6.42 Å². The topological polar surface area (TPSA) is 48.4 Å². The molecule has 0 amide bonds. The van der Waals surface area contributed by atoms with Crippen LogP contribution in [-0.4, -0.2) is 36.9 Å². The number of nitrogens with zero attached hydrogens (tertiary/aromatic N) is 1. The van der Waals surface area contributed by atoms with E-state index >= 15 is 0 Å². The molecule has 1 aromatic rings. The molecule has 4 aliphatic rings. The highest BCUT2D eigenvalue weighted by molar-refractivity contribution is 6.31. The zero-order valence-electron chi connectivity index (χ0n) is 17.7. The molecule has 6 atom stereocenters. The van der Waals surface area contributed by atoms with Crippen LogP contribution in [0.5, 0.6) is 0 Å². The van der Waals surface area contributed by atoms with Gasteiger partial charge in [-0.1, -0.05) is 42.0 Å². The van der Waals surface area contributed by atoms with Gasteiger partial charge < -0.3 is 16.0 Å². The molecule has 0 aromatic heterocycles. The van der Waals surface area contributed by atoms with Crippen molar-refractivity contribution in [2.24, 2.45) is 16.8 Å². The predicted molar refractivity (Wildman–Crippen MR) is 126 cm³/mol. The molecule has 4 nitrogen and oxygen atoms in total. The summed E-state index contributed by atoms with van der Waals surface area (Å²) in [5, 5.41) is 10.2. The van der Waals surface area contributed by atoms with E-state index in [-0.39, 0.29) is 29.1 Å². The SMILES string of the molecule is Fc1ccc(NC2NC(C3CC=CNC3)=NC3C=C(C4=CC(F)C(F)C=C4)C=CC32)cc1Cl. The maximum atomic E-state index is 13.9. The number of anilines is 1. The third kappa shape index (κ3) is 4.60. The fourth-order valence-corrected chi connectivity index (χ4v) is 4.69. The van der Waals surface area contributed by atoms with Crippen molar-refractivity contribution in [2.75, 3.05) is 11.9 Å². The molecule has 2 heterocycles. The summed E-state index contributed by atoms with van der Waals surface area (Å²) < 4.78 is 41.1. The van der Waals surface area contributed by atoms with Crippen molar-refractivity contribution in [3.8, 4) is 0 Å². The molecular formula is C25H24ClF3N4. The van der Waals surface area contributed by atoms with E-state index in [4.69, 9.17) is 16.6 Å². The minimum absolute atomic E-state index is 0.0447. The average molecular weight is 473 g/mol. The van der Waals surface area contributed by atoms with Crippen LogP contribution >= 0.6 is 11.6 Å². The summed E-state index contributed by atoms with van der Waals surface area (Å²) in [6.07, 6.45) is 11.5. The number of allylic oxidation sites excluding steroid dienone is 7. The third-order valence-electron chi connectivity index (χ3n) is 6.30. The van der Waals surface area contributed by atoms with E-state index in [1.807, 2.05) is 24.4 Å². The Balaban J connectivity index is 1.45. The molecule has 172 valence electrons. The first-order chi connectivity index (χ1) is 16.0. The Labute approximate surface area is 195 Å². The number of amidine groups is 1. The Morgan fingerprint density at radius 2 is 1.88 bits per heavy atom. The van der Waals surface area contributed by atoms with E-state index in [9.17, 15) is 13.2 Å². The lowest BCUT2D eigenvalue weighted by atomic mass is 9.84. The number of halogens is 4. The first-order valence-electron chi connectivity index (χ1n) is 11.0. The molecule has 8 heteroatoms. The van der Waals surface area contributed by atoms with Crippen molar-refractivity contribution in [1.29, 1.82) is 0 Å². The van der Waals surface area contributed by atoms with Crippen LogP contribution in [0.3, 0.4) is 0 Å². The molecule has 33 heavy (non-hydrogen) atoms. The van der Waals surface area contributed by atoms with Crippen molar-refractivity contribution in [3.05, 3.63) is 88.9 Å². The van der Waals surface area contributed by atoms with E-state index in [1.165, 1.54) is 18.2 Å². The van der Waals surface area contributed by atoms with Crippen LogP contribution in [0.25, 0.3) is 0 Å². The number of aliphatic imine (C=N–C) groups is 1. The maximum absolute atomic E-state index is 13.9. The third-order valence-corrected chi connectivity index (χ3v) is 6.59. The van der Waals surface area contributed by atoms with Gasteiger partial charge in [-0.2, -0.15) is 0 Å². The molecular weight excluding hydrogens is 449 g/mol. The minimum Gasteiger partial charge on any atom is -0.390 e.